The largest absolute Gasteiger partial charge is 0.467 e. The zero-order valence-electron chi connectivity index (χ0n) is 20.4. The van der Waals surface area contributed by atoms with Crippen molar-refractivity contribution in [3.8, 4) is 0 Å². The van der Waals surface area contributed by atoms with Gasteiger partial charge < -0.3 is 20.4 Å². The highest BCUT2D eigenvalue weighted by molar-refractivity contribution is 7.91. The number of rotatable bonds is 9. The quantitative estimate of drug-likeness (QED) is 0.296. The Morgan fingerprint density at radius 1 is 0.838 bits per heavy atom. The molecule has 0 saturated heterocycles. The molecular formula is C28H27N3O5S. The summed E-state index contributed by atoms with van der Waals surface area (Å²) in [6.07, 6.45) is 1.52. The minimum atomic E-state index is -3.83. The minimum Gasteiger partial charge on any atom is -0.467 e. The predicted molar refractivity (Wildman–Crippen MR) is 141 cm³/mol. The molecule has 2 amide bonds. The lowest BCUT2D eigenvalue weighted by atomic mass is 10.1. The van der Waals surface area contributed by atoms with Crippen LogP contribution in [0.25, 0.3) is 0 Å². The van der Waals surface area contributed by atoms with Crippen LogP contribution in [0.1, 0.15) is 27.2 Å². The molecule has 0 unspecified atom stereocenters. The first-order valence-electron chi connectivity index (χ1n) is 11.6. The summed E-state index contributed by atoms with van der Waals surface area (Å²) in [5.41, 5.74) is 2.38. The number of para-hydroxylation sites is 1. The van der Waals surface area contributed by atoms with E-state index >= 15 is 0 Å². The first kappa shape index (κ1) is 25.7. The molecule has 1 aromatic heterocycles. The van der Waals surface area contributed by atoms with E-state index in [0.717, 1.165) is 5.56 Å². The van der Waals surface area contributed by atoms with Crippen molar-refractivity contribution in [3.63, 3.8) is 0 Å². The second-order valence-corrected chi connectivity index (χ2v) is 10.3. The highest BCUT2D eigenvalue weighted by Gasteiger charge is 2.25. The number of amides is 2. The Bertz CT molecular complexity index is 1510. The lowest BCUT2D eigenvalue weighted by Gasteiger charge is -2.17. The summed E-state index contributed by atoms with van der Waals surface area (Å²) in [7, 11) is -3.83. The molecule has 0 aliphatic heterocycles. The average Bonchev–Trinajstić information content (AvgIpc) is 3.42. The fraction of sp³-hybridized carbons (Fsp3) is 0.143. The Morgan fingerprint density at radius 3 is 2.30 bits per heavy atom. The third-order valence-corrected chi connectivity index (χ3v) is 7.84. The molecule has 3 N–H and O–H groups in total. The van der Waals surface area contributed by atoms with Crippen LogP contribution >= 0.6 is 0 Å². The fourth-order valence-corrected chi connectivity index (χ4v) is 5.57. The third-order valence-electron chi connectivity index (χ3n) is 5.89. The van der Waals surface area contributed by atoms with E-state index in [2.05, 4.69) is 16.0 Å². The number of furan rings is 1. The number of nitrogens with one attached hydrogen (secondary N) is 3. The standard InChI is InChI=1S/C28H27N3O5S/c1-19-14-15-25(27(20(19)2)37(34,35)22-10-4-3-5-11-22)29-18-26(32)31-24-13-7-6-12-23(24)28(33)30-17-21-9-8-16-36-21/h3-16,29H,17-18H2,1-2H3,(H,30,33)(H,31,32). The second kappa shape index (κ2) is 11.1. The summed E-state index contributed by atoms with van der Waals surface area (Å²) in [6, 6.07) is 21.7. The molecule has 4 rings (SSSR count). The van der Waals surface area contributed by atoms with Crippen LogP contribution in [0.5, 0.6) is 0 Å². The number of carbonyl (C=O) groups is 2. The SMILES string of the molecule is Cc1ccc(NCC(=O)Nc2ccccc2C(=O)NCc2ccco2)c(S(=O)(=O)c2ccccc2)c1C. The number of aryl methyl sites for hydroxylation is 1. The van der Waals surface area contributed by atoms with Gasteiger partial charge in [-0.1, -0.05) is 36.4 Å². The van der Waals surface area contributed by atoms with Crippen LogP contribution in [0.2, 0.25) is 0 Å². The van der Waals surface area contributed by atoms with Crippen molar-refractivity contribution in [1.29, 1.82) is 0 Å². The van der Waals surface area contributed by atoms with Crippen LogP contribution < -0.4 is 16.0 Å². The molecule has 0 radical (unpaired) electrons. The van der Waals surface area contributed by atoms with Crippen LogP contribution in [0.15, 0.2) is 99.3 Å². The molecule has 190 valence electrons. The lowest BCUT2D eigenvalue weighted by molar-refractivity contribution is -0.114. The highest BCUT2D eigenvalue weighted by Crippen LogP contribution is 2.32. The van der Waals surface area contributed by atoms with E-state index in [1.807, 2.05) is 6.92 Å². The maximum atomic E-state index is 13.4. The zero-order valence-corrected chi connectivity index (χ0v) is 21.3. The molecule has 0 bridgehead atoms. The van der Waals surface area contributed by atoms with E-state index in [1.54, 1.807) is 85.8 Å². The molecule has 0 atom stereocenters. The van der Waals surface area contributed by atoms with E-state index in [1.165, 1.54) is 6.26 Å². The summed E-state index contributed by atoms with van der Waals surface area (Å²) in [5.74, 6) is -0.202. The summed E-state index contributed by atoms with van der Waals surface area (Å²) < 4.78 is 32.1. The van der Waals surface area contributed by atoms with Gasteiger partial charge in [-0.05, 0) is 67.4 Å². The van der Waals surface area contributed by atoms with E-state index in [4.69, 9.17) is 4.42 Å². The van der Waals surface area contributed by atoms with Gasteiger partial charge in [0, 0.05) is 0 Å². The lowest BCUT2D eigenvalue weighted by Crippen LogP contribution is -2.27. The van der Waals surface area contributed by atoms with Gasteiger partial charge >= 0.3 is 0 Å². The Balaban J connectivity index is 1.49. The van der Waals surface area contributed by atoms with E-state index in [9.17, 15) is 18.0 Å². The van der Waals surface area contributed by atoms with Gasteiger partial charge in [0.05, 0.1) is 46.1 Å². The van der Waals surface area contributed by atoms with Crippen molar-refractivity contribution < 1.29 is 22.4 Å². The van der Waals surface area contributed by atoms with Gasteiger partial charge in [0.25, 0.3) is 5.91 Å². The topological polar surface area (TPSA) is 118 Å². The Morgan fingerprint density at radius 2 is 1.57 bits per heavy atom. The summed E-state index contributed by atoms with van der Waals surface area (Å²) in [4.78, 5) is 25.8. The minimum absolute atomic E-state index is 0.129. The van der Waals surface area contributed by atoms with Crippen molar-refractivity contribution in [3.05, 3.63) is 108 Å². The van der Waals surface area contributed by atoms with E-state index in [0.29, 0.717) is 28.3 Å². The first-order chi connectivity index (χ1) is 17.8. The number of hydrogen-bond acceptors (Lipinski definition) is 6. The van der Waals surface area contributed by atoms with Gasteiger partial charge in [-0.25, -0.2) is 8.42 Å². The van der Waals surface area contributed by atoms with Crippen LogP contribution in [0.3, 0.4) is 0 Å². The molecule has 0 aliphatic rings. The smallest absolute Gasteiger partial charge is 0.253 e. The molecule has 3 aromatic carbocycles. The van der Waals surface area contributed by atoms with Gasteiger partial charge in [0.15, 0.2) is 0 Å². The number of anilines is 2. The van der Waals surface area contributed by atoms with Crippen molar-refractivity contribution in [2.45, 2.75) is 30.2 Å². The maximum absolute atomic E-state index is 13.4. The van der Waals surface area contributed by atoms with Gasteiger partial charge in [0.1, 0.15) is 5.76 Å². The molecule has 1 heterocycles. The molecule has 9 heteroatoms. The monoisotopic (exact) mass is 517 g/mol. The molecule has 0 spiro atoms. The summed E-state index contributed by atoms with van der Waals surface area (Å²) >= 11 is 0. The number of hydrogen-bond donors (Lipinski definition) is 3. The third kappa shape index (κ3) is 5.90. The van der Waals surface area contributed by atoms with E-state index in [-0.39, 0.29) is 28.8 Å². The van der Waals surface area contributed by atoms with Gasteiger partial charge in [-0.15, -0.1) is 0 Å². The van der Waals surface area contributed by atoms with Crippen molar-refractivity contribution in [2.75, 3.05) is 17.2 Å². The molecule has 0 saturated carbocycles. The Labute approximate surface area is 215 Å². The van der Waals surface area contributed by atoms with Crippen molar-refractivity contribution in [2.24, 2.45) is 0 Å². The highest BCUT2D eigenvalue weighted by atomic mass is 32.2. The summed E-state index contributed by atoms with van der Waals surface area (Å²) in [5, 5.41) is 8.46. The Kier molecular flexibility index (Phi) is 7.74. The molecule has 0 aliphatic carbocycles. The normalized spacial score (nSPS) is 11.1. The van der Waals surface area contributed by atoms with E-state index < -0.39 is 15.7 Å². The van der Waals surface area contributed by atoms with Crippen LogP contribution in [0, 0.1) is 13.8 Å². The van der Waals surface area contributed by atoms with Crippen molar-refractivity contribution in [1.82, 2.24) is 5.32 Å². The van der Waals surface area contributed by atoms with Crippen LogP contribution in [-0.4, -0.2) is 26.8 Å². The zero-order chi connectivity index (χ0) is 26.4. The number of benzene rings is 3. The molecular weight excluding hydrogens is 490 g/mol. The average molecular weight is 518 g/mol. The molecule has 8 nitrogen and oxygen atoms in total. The molecule has 4 aromatic rings. The summed E-state index contributed by atoms with van der Waals surface area (Å²) in [6.45, 7) is 3.58. The maximum Gasteiger partial charge on any atom is 0.253 e. The molecule has 0 fully saturated rings. The van der Waals surface area contributed by atoms with Gasteiger partial charge in [-0.2, -0.15) is 0 Å². The van der Waals surface area contributed by atoms with Crippen LogP contribution in [-0.2, 0) is 21.2 Å². The van der Waals surface area contributed by atoms with Crippen LogP contribution in [0.4, 0.5) is 11.4 Å². The van der Waals surface area contributed by atoms with Crippen molar-refractivity contribution >= 4 is 33.0 Å². The van der Waals surface area contributed by atoms with Gasteiger partial charge in [-0.3, -0.25) is 9.59 Å². The second-order valence-electron chi connectivity index (χ2n) is 8.41. The number of sulfone groups is 1. The number of carbonyl (C=O) groups excluding carboxylic acids is 2. The first-order valence-corrected chi connectivity index (χ1v) is 13.1. The fourth-order valence-electron chi connectivity index (χ4n) is 3.83. The Hall–Kier alpha value is -4.37. The molecule has 37 heavy (non-hydrogen) atoms. The van der Waals surface area contributed by atoms with Gasteiger partial charge in [0.2, 0.25) is 15.7 Å². The predicted octanol–water partition coefficient (Wildman–Crippen LogP) is 4.71.